The lowest BCUT2D eigenvalue weighted by atomic mass is 9.95. The van der Waals surface area contributed by atoms with Crippen LogP contribution >= 0.6 is 15.9 Å². The highest BCUT2D eigenvalue weighted by molar-refractivity contribution is 9.10. The molecule has 1 atom stereocenters. The predicted octanol–water partition coefficient (Wildman–Crippen LogP) is 1.67. The maximum absolute atomic E-state index is 12.9. The van der Waals surface area contributed by atoms with E-state index in [2.05, 4.69) is 20.9 Å². The largest absolute Gasteiger partial charge is 0.444 e. The fourth-order valence-electron chi connectivity index (χ4n) is 1.53. The Kier molecular flexibility index (Phi) is 2.46. The molecule has 2 rings (SSSR count). The third-order valence-corrected chi connectivity index (χ3v) is 3.03. The number of nitrogens with two attached hydrogens (primary N) is 1. The van der Waals surface area contributed by atoms with Gasteiger partial charge in [-0.1, -0.05) is 22.0 Å². The van der Waals surface area contributed by atoms with Crippen molar-refractivity contribution in [3.63, 3.8) is 0 Å². The van der Waals surface area contributed by atoms with Gasteiger partial charge in [-0.2, -0.15) is 4.99 Å². The van der Waals surface area contributed by atoms with E-state index in [0.717, 1.165) is 0 Å². The number of aliphatic imine (C=N–C) groups is 1. The molecule has 0 saturated carbocycles. The number of ether oxygens (including phenoxy) is 1. The first-order valence-corrected chi connectivity index (χ1v) is 5.26. The summed E-state index contributed by atoms with van der Waals surface area (Å²) in [6, 6.07) is 3.79. The highest BCUT2D eigenvalue weighted by atomic mass is 79.9. The molecule has 16 heavy (non-hydrogen) atoms. The first-order valence-electron chi connectivity index (χ1n) is 4.46. The van der Waals surface area contributed by atoms with Gasteiger partial charge >= 0.3 is 0 Å². The third kappa shape index (κ3) is 1.59. The molecule has 84 valence electrons. The summed E-state index contributed by atoms with van der Waals surface area (Å²) in [4.78, 5) is 15.1. The Morgan fingerprint density at radius 3 is 2.75 bits per heavy atom. The molecule has 0 aromatic heterocycles. The summed E-state index contributed by atoms with van der Waals surface area (Å²) < 4.78 is 18.6. The molecule has 0 saturated heterocycles. The van der Waals surface area contributed by atoms with Gasteiger partial charge in [0, 0.05) is 10.0 Å². The molecule has 1 unspecified atom stereocenters. The van der Waals surface area contributed by atoms with Gasteiger partial charge in [0.25, 0.3) is 11.9 Å². The van der Waals surface area contributed by atoms with Crippen molar-refractivity contribution in [3.8, 4) is 0 Å². The summed E-state index contributed by atoms with van der Waals surface area (Å²) in [7, 11) is 0. The van der Waals surface area contributed by atoms with E-state index >= 15 is 0 Å². The molecule has 0 spiro atoms. The molecule has 0 aliphatic carbocycles. The first kappa shape index (κ1) is 11.1. The van der Waals surface area contributed by atoms with Crippen molar-refractivity contribution in [2.75, 3.05) is 0 Å². The van der Waals surface area contributed by atoms with Crippen LogP contribution in [0.5, 0.6) is 0 Å². The summed E-state index contributed by atoms with van der Waals surface area (Å²) in [6.45, 7) is 1.54. The summed E-state index contributed by atoms with van der Waals surface area (Å²) >= 11 is 3.18. The van der Waals surface area contributed by atoms with Crippen molar-refractivity contribution < 1.29 is 13.9 Å². The molecule has 0 radical (unpaired) electrons. The molecule has 1 amide bonds. The number of amidine groups is 1. The Labute approximate surface area is 99.4 Å². The van der Waals surface area contributed by atoms with E-state index in [0.29, 0.717) is 10.0 Å². The Bertz CT molecular complexity index is 504. The SMILES string of the molecule is CC1(c2ccc(F)cc2Br)OC(N)=NC1=O. The topological polar surface area (TPSA) is 64.7 Å². The Balaban J connectivity index is 2.49. The standard InChI is InChI=1S/C10H8BrFN2O2/c1-10(8(15)14-9(13)16-10)6-3-2-5(12)4-7(6)11/h2-4H,1H3,(H2,13,14,15). The molecule has 1 aromatic carbocycles. The van der Waals surface area contributed by atoms with Gasteiger partial charge in [-0.05, 0) is 19.1 Å². The zero-order chi connectivity index (χ0) is 11.9. The van der Waals surface area contributed by atoms with Crippen LogP contribution in [0.1, 0.15) is 12.5 Å². The maximum atomic E-state index is 12.9. The molecule has 1 aliphatic rings. The lowest BCUT2D eigenvalue weighted by molar-refractivity contribution is -0.130. The second-order valence-electron chi connectivity index (χ2n) is 3.51. The number of carbonyl (C=O) groups excluding carboxylic acids is 1. The van der Waals surface area contributed by atoms with E-state index in [9.17, 15) is 9.18 Å². The second kappa shape index (κ2) is 3.55. The first-order chi connectivity index (χ1) is 7.43. The van der Waals surface area contributed by atoms with E-state index in [1.807, 2.05) is 0 Å². The van der Waals surface area contributed by atoms with Gasteiger partial charge in [0.2, 0.25) is 5.60 Å². The van der Waals surface area contributed by atoms with Crippen LogP contribution < -0.4 is 5.73 Å². The van der Waals surface area contributed by atoms with Gasteiger partial charge in [0.15, 0.2) is 0 Å². The summed E-state index contributed by atoms with van der Waals surface area (Å²) in [5, 5.41) is 0. The highest BCUT2D eigenvalue weighted by Crippen LogP contribution is 2.35. The maximum Gasteiger partial charge on any atom is 0.298 e. The molecule has 1 heterocycles. The third-order valence-electron chi connectivity index (χ3n) is 2.37. The van der Waals surface area contributed by atoms with Crippen molar-refractivity contribution in [1.29, 1.82) is 0 Å². The van der Waals surface area contributed by atoms with Gasteiger partial charge in [-0.3, -0.25) is 4.79 Å². The van der Waals surface area contributed by atoms with Gasteiger partial charge in [0.1, 0.15) is 5.82 Å². The van der Waals surface area contributed by atoms with Crippen LogP contribution in [0.2, 0.25) is 0 Å². The Morgan fingerprint density at radius 1 is 1.56 bits per heavy atom. The van der Waals surface area contributed by atoms with Crippen molar-refractivity contribution in [2.45, 2.75) is 12.5 Å². The van der Waals surface area contributed by atoms with Crippen LogP contribution in [0.3, 0.4) is 0 Å². The smallest absolute Gasteiger partial charge is 0.298 e. The van der Waals surface area contributed by atoms with E-state index in [-0.39, 0.29) is 6.02 Å². The summed E-state index contributed by atoms with van der Waals surface area (Å²) in [5.41, 5.74) is 4.54. The van der Waals surface area contributed by atoms with Gasteiger partial charge < -0.3 is 10.5 Å². The van der Waals surface area contributed by atoms with Gasteiger partial charge in [0.05, 0.1) is 0 Å². The zero-order valence-corrected chi connectivity index (χ0v) is 9.92. The van der Waals surface area contributed by atoms with E-state index < -0.39 is 17.3 Å². The minimum atomic E-state index is -1.28. The normalized spacial score (nSPS) is 24.2. The van der Waals surface area contributed by atoms with Gasteiger partial charge in [-0.25, -0.2) is 4.39 Å². The Hall–Kier alpha value is -1.43. The number of amides is 1. The van der Waals surface area contributed by atoms with Crippen LogP contribution in [0.25, 0.3) is 0 Å². The molecular formula is C10H8BrFN2O2. The van der Waals surface area contributed by atoms with Crippen LogP contribution in [0.4, 0.5) is 4.39 Å². The molecule has 1 aliphatic heterocycles. The number of nitrogens with zero attached hydrogens (tertiary/aromatic N) is 1. The molecule has 6 heteroatoms. The molecule has 0 bridgehead atoms. The number of halogens is 2. The van der Waals surface area contributed by atoms with Crippen LogP contribution in [-0.4, -0.2) is 11.9 Å². The fraction of sp³-hybridized carbons (Fsp3) is 0.200. The summed E-state index contributed by atoms with van der Waals surface area (Å²) in [6.07, 6.45) is 0. The van der Waals surface area contributed by atoms with Crippen LogP contribution in [-0.2, 0) is 15.1 Å². The number of benzene rings is 1. The molecule has 1 aromatic rings. The van der Waals surface area contributed by atoms with E-state index in [4.69, 9.17) is 10.5 Å². The Morgan fingerprint density at radius 2 is 2.25 bits per heavy atom. The van der Waals surface area contributed by atoms with Crippen molar-refractivity contribution in [3.05, 3.63) is 34.1 Å². The van der Waals surface area contributed by atoms with Crippen molar-refractivity contribution in [1.82, 2.24) is 0 Å². The number of rotatable bonds is 1. The van der Waals surface area contributed by atoms with Crippen molar-refractivity contribution >= 4 is 27.9 Å². The van der Waals surface area contributed by atoms with E-state index in [1.54, 1.807) is 0 Å². The number of carbonyl (C=O) groups is 1. The lowest BCUT2D eigenvalue weighted by Crippen LogP contribution is -2.32. The second-order valence-corrected chi connectivity index (χ2v) is 4.37. The molecule has 2 N–H and O–H groups in total. The minimum absolute atomic E-state index is 0.177. The monoisotopic (exact) mass is 286 g/mol. The fourth-order valence-corrected chi connectivity index (χ4v) is 2.26. The van der Waals surface area contributed by atoms with Crippen LogP contribution in [0.15, 0.2) is 27.7 Å². The molecule has 0 fully saturated rings. The zero-order valence-electron chi connectivity index (χ0n) is 8.33. The lowest BCUT2D eigenvalue weighted by Gasteiger charge is -2.22. The van der Waals surface area contributed by atoms with Crippen LogP contribution in [0, 0.1) is 5.82 Å². The average molecular weight is 287 g/mol. The van der Waals surface area contributed by atoms with Crippen molar-refractivity contribution in [2.24, 2.45) is 10.7 Å². The quantitative estimate of drug-likeness (QED) is 0.854. The highest BCUT2D eigenvalue weighted by Gasteiger charge is 2.44. The number of hydrogen-bond donors (Lipinski definition) is 1. The minimum Gasteiger partial charge on any atom is -0.444 e. The molecule has 4 nitrogen and oxygen atoms in total. The average Bonchev–Trinajstić information content (AvgIpc) is 2.40. The number of hydrogen-bond acceptors (Lipinski definition) is 3. The van der Waals surface area contributed by atoms with Gasteiger partial charge in [-0.15, -0.1) is 0 Å². The molecular weight excluding hydrogens is 279 g/mol. The summed E-state index contributed by atoms with van der Waals surface area (Å²) in [5.74, 6) is -0.907. The predicted molar refractivity (Wildman–Crippen MR) is 59.2 cm³/mol. The van der Waals surface area contributed by atoms with E-state index in [1.165, 1.54) is 25.1 Å².